The number of aromatic nitrogens is 2. The lowest BCUT2D eigenvalue weighted by atomic mass is 9.98. The number of hydrogen-bond acceptors (Lipinski definition) is 9. The van der Waals surface area contributed by atoms with Gasteiger partial charge in [0.25, 0.3) is 15.6 Å². The van der Waals surface area contributed by atoms with E-state index in [1.807, 2.05) is 13.8 Å². The van der Waals surface area contributed by atoms with Crippen molar-refractivity contribution in [3.05, 3.63) is 58.2 Å². The van der Waals surface area contributed by atoms with Gasteiger partial charge >= 0.3 is 0 Å². The summed E-state index contributed by atoms with van der Waals surface area (Å²) in [5, 5.41) is 27.0. The summed E-state index contributed by atoms with van der Waals surface area (Å²) >= 11 is 0. The van der Waals surface area contributed by atoms with Gasteiger partial charge in [-0.1, -0.05) is 26.0 Å². The number of aliphatic hydroxyl groups is 1. The number of aromatic hydroxyl groups is 1. The van der Waals surface area contributed by atoms with Crippen LogP contribution in [-0.2, 0) is 16.6 Å². The molecule has 4 heterocycles. The van der Waals surface area contributed by atoms with Crippen LogP contribution in [-0.4, -0.2) is 63.2 Å². The summed E-state index contributed by atoms with van der Waals surface area (Å²) in [4.78, 5) is 17.8. The summed E-state index contributed by atoms with van der Waals surface area (Å²) in [6, 6.07) is 2.57. The number of nitrogens with zero attached hydrogens (tertiary/aromatic N) is 4. The van der Waals surface area contributed by atoms with E-state index in [0.29, 0.717) is 29.9 Å². The van der Waals surface area contributed by atoms with Crippen LogP contribution in [0.25, 0.3) is 11.0 Å². The number of fused-ring (bicyclic) bond motifs is 1. The van der Waals surface area contributed by atoms with Gasteiger partial charge in [0.05, 0.1) is 30.5 Å². The Bertz CT molecular complexity index is 1430. The second kappa shape index (κ2) is 8.01. The van der Waals surface area contributed by atoms with E-state index < -0.39 is 26.5 Å². The quantitative estimate of drug-likeness (QED) is 0.464. The topological polar surface area (TPSA) is 149 Å². The molecule has 1 spiro atoms. The normalized spacial score (nSPS) is 25.6. The van der Waals surface area contributed by atoms with Gasteiger partial charge in [-0.3, -0.25) is 19.6 Å². The van der Waals surface area contributed by atoms with E-state index in [0.717, 1.165) is 0 Å². The third-order valence-electron chi connectivity index (χ3n) is 6.52. The molecule has 0 aromatic carbocycles. The molecular formula is C22H26N6O5S. The number of amidine groups is 1. The standard InChI is InChI=1S/C22H26N6O5S/c1-13(2)8-10-28-20-14(5-4-9-23-20)18(30)17(21(28)31)19-25-15-6-3-7-16-22(15,34(32,33)26-19)24-11-27(16)12-29/h3-7,9,13,16,24,29-30H,8,10-12H2,1-2H3,(H,25,26). The number of allylic oxidation sites excluding steroid dienone is 2. The molecule has 180 valence electrons. The van der Waals surface area contributed by atoms with Crippen LogP contribution in [0.4, 0.5) is 0 Å². The lowest BCUT2D eigenvalue weighted by Crippen LogP contribution is -2.63. The number of pyridine rings is 2. The maximum absolute atomic E-state index is 13.6. The first kappa shape index (κ1) is 22.7. The molecule has 0 amide bonds. The summed E-state index contributed by atoms with van der Waals surface area (Å²) in [5.74, 6) is -0.319. The fourth-order valence-corrected chi connectivity index (χ4v) is 6.45. The highest BCUT2D eigenvalue weighted by molar-refractivity contribution is 7.92. The molecule has 2 unspecified atom stereocenters. The number of sulfonamides is 1. The summed E-state index contributed by atoms with van der Waals surface area (Å²) < 4.78 is 32.6. The molecule has 2 atom stereocenters. The van der Waals surface area contributed by atoms with Crippen molar-refractivity contribution >= 4 is 26.9 Å². The molecule has 2 aromatic heterocycles. The monoisotopic (exact) mass is 486 g/mol. The molecule has 34 heavy (non-hydrogen) atoms. The third kappa shape index (κ3) is 3.13. The SMILES string of the molecule is CC(C)CCn1c(=O)c(C2=NS(=O)(=O)C34NCN(CO)C3C=CC=C4N2)c(O)c2cccnc21. The van der Waals surface area contributed by atoms with Crippen molar-refractivity contribution in [1.29, 1.82) is 0 Å². The van der Waals surface area contributed by atoms with Gasteiger partial charge in [-0.25, -0.2) is 13.4 Å². The Morgan fingerprint density at radius 1 is 1.35 bits per heavy atom. The molecule has 0 bridgehead atoms. The zero-order valence-electron chi connectivity index (χ0n) is 18.8. The van der Waals surface area contributed by atoms with Gasteiger partial charge in [-0.05, 0) is 30.5 Å². The first-order valence-corrected chi connectivity index (χ1v) is 12.5. The molecule has 2 aliphatic heterocycles. The zero-order valence-corrected chi connectivity index (χ0v) is 19.6. The van der Waals surface area contributed by atoms with Crippen LogP contribution >= 0.6 is 0 Å². The number of nitrogens with one attached hydrogen (secondary N) is 2. The van der Waals surface area contributed by atoms with Gasteiger partial charge in [-0.2, -0.15) is 0 Å². The Morgan fingerprint density at radius 2 is 2.15 bits per heavy atom. The van der Waals surface area contributed by atoms with Crippen molar-refractivity contribution in [3.63, 3.8) is 0 Å². The predicted molar refractivity (Wildman–Crippen MR) is 126 cm³/mol. The molecule has 12 heteroatoms. The average Bonchev–Trinajstić information content (AvgIpc) is 3.19. The van der Waals surface area contributed by atoms with Gasteiger partial charge in [-0.15, -0.1) is 4.40 Å². The minimum atomic E-state index is -4.28. The molecule has 4 N–H and O–H groups in total. The molecule has 5 rings (SSSR count). The third-order valence-corrected chi connectivity index (χ3v) is 8.37. The van der Waals surface area contributed by atoms with Crippen molar-refractivity contribution in [2.75, 3.05) is 13.4 Å². The number of aliphatic hydroxyl groups excluding tert-OH is 1. The smallest absolute Gasteiger partial charge is 0.281 e. The van der Waals surface area contributed by atoms with Crippen LogP contribution in [0, 0.1) is 5.92 Å². The Kier molecular flexibility index (Phi) is 5.35. The Morgan fingerprint density at radius 3 is 2.88 bits per heavy atom. The lowest BCUT2D eigenvalue weighted by Gasteiger charge is -2.40. The van der Waals surface area contributed by atoms with Crippen molar-refractivity contribution < 1.29 is 18.6 Å². The summed E-state index contributed by atoms with van der Waals surface area (Å²) in [6.45, 7) is 4.20. The Labute approximate surface area is 196 Å². The lowest BCUT2D eigenvalue weighted by molar-refractivity contribution is 0.107. The van der Waals surface area contributed by atoms with Crippen LogP contribution in [0.3, 0.4) is 0 Å². The van der Waals surface area contributed by atoms with E-state index in [2.05, 4.69) is 20.0 Å². The van der Waals surface area contributed by atoms with Crippen molar-refractivity contribution in [3.8, 4) is 5.75 Å². The molecule has 1 saturated heterocycles. The van der Waals surface area contributed by atoms with Crippen LogP contribution in [0.5, 0.6) is 5.75 Å². The number of hydrogen-bond donors (Lipinski definition) is 4. The molecule has 0 saturated carbocycles. The molecule has 0 radical (unpaired) electrons. The number of rotatable bonds is 5. The predicted octanol–water partition coefficient (Wildman–Crippen LogP) is 0.159. The molecule has 11 nitrogen and oxygen atoms in total. The molecule has 1 aliphatic carbocycles. The summed E-state index contributed by atoms with van der Waals surface area (Å²) in [5.41, 5.74) is -0.228. The number of aryl methyl sites for hydroxylation is 1. The van der Waals surface area contributed by atoms with Crippen molar-refractivity contribution in [1.82, 2.24) is 25.1 Å². The zero-order chi connectivity index (χ0) is 24.3. The maximum atomic E-state index is 13.6. The largest absolute Gasteiger partial charge is 0.506 e. The molecule has 3 aliphatic rings. The Hall–Kier alpha value is -3.06. The van der Waals surface area contributed by atoms with Gasteiger partial charge < -0.3 is 15.5 Å². The van der Waals surface area contributed by atoms with Crippen molar-refractivity contribution in [2.45, 2.75) is 37.7 Å². The summed E-state index contributed by atoms with van der Waals surface area (Å²) in [7, 11) is -4.28. The van der Waals surface area contributed by atoms with Crippen LogP contribution in [0.2, 0.25) is 0 Å². The van der Waals surface area contributed by atoms with Crippen LogP contribution in [0.1, 0.15) is 25.8 Å². The van der Waals surface area contributed by atoms with E-state index in [4.69, 9.17) is 0 Å². The van der Waals surface area contributed by atoms with Gasteiger partial charge in [0, 0.05) is 12.7 Å². The first-order chi connectivity index (χ1) is 16.2. The van der Waals surface area contributed by atoms with Crippen LogP contribution < -0.4 is 16.2 Å². The summed E-state index contributed by atoms with van der Waals surface area (Å²) in [6.07, 6.45) is 7.18. The van der Waals surface area contributed by atoms with E-state index in [9.17, 15) is 23.4 Å². The second-order valence-corrected chi connectivity index (χ2v) is 10.8. The van der Waals surface area contributed by atoms with E-state index >= 15 is 0 Å². The van der Waals surface area contributed by atoms with E-state index in [1.165, 1.54) is 10.8 Å². The molecule has 1 fully saturated rings. The molecule has 2 aromatic rings. The minimum Gasteiger partial charge on any atom is -0.506 e. The average molecular weight is 487 g/mol. The van der Waals surface area contributed by atoms with E-state index in [1.54, 1.807) is 35.3 Å². The van der Waals surface area contributed by atoms with Gasteiger partial charge in [0.2, 0.25) is 4.87 Å². The minimum absolute atomic E-state index is 0.128. The highest BCUT2D eigenvalue weighted by Crippen LogP contribution is 2.40. The second-order valence-electron chi connectivity index (χ2n) is 8.99. The van der Waals surface area contributed by atoms with Crippen molar-refractivity contribution in [2.24, 2.45) is 10.3 Å². The fraction of sp³-hybridized carbons (Fsp3) is 0.409. The van der Waals surface area contributed by atoms with Crippen LogP contribution in [0.15, 0.2) is 51.4 Å². The maximum Gasteiger partial charge on any atom is 0.281 e. The Balaban J connectivity index is 1.72. The van der Waals surface area contributed by atoms with Gasteiger partial charge in [0.1, 0.15) is 17.0 Å². The highest BCUT2D eigenvalue weighted by Gasteiger charge is 2.61. The molecular weight excluding hydrogens is 460 g/mol. The van der Waals surface area contributed by atoms with E-state index in [-0.39, 0.29) is 36.2 Å². The van der Waals surface area contributed by atoms with Gasteiger partial charge in [0.15, 0.2) is 5.84 Å². The fourth-order valence-electron chi connectivity index (χ4n) is 4.75. The highest BCUT2D eigenvalue weighted by atomic mass is 32.2. The first-order valence-electron chi connectivity index (χ1n) is 11.0.